The van der Waals surface area contributed by atoms with Crippen LogP contribution in [0.5, 0.6) is 0 Å². The Morgan fingerprint density at radius 1 is 0.833 bits per heavy atom. The molecular weight excluding hydrogens is 368 g/mol. The summed E-state index contributed by atoms with van der Waals surface area (Å²) in [4.78, 5) is 12.4. The smallest absolute Gasteiger partial charge is 0.151 e. The van der Waals surface area contributed by atoms with Crippen LogP contribution >= 0.6 is 0 Å². The molecule has 0 fully saturated rings. The first-order valence-electron chi connectivity index (χ1n) is 11.1. The third-order valence-electron chi connectivity index (χ3n) is 5.95. The topological polar surface area (TPSA) is 34.0 Å². The van der Waals surface area contributed by atoms with Crippen LogP contribution < -0.4 is 4.90 Å². The highest BCUT2D eigenvalue weighted by molar-refractivity contribution is 6.13. The van der Waals surface area contributed by atoms with Gasteiger partial charge in [0.1, 0.15) is 11.6 Å². The normalized spacial score (nSPS) is 11.5. The zero-order chi connectivity index (χ0) is 21.4. The van der Waals surface area contributed by atoms with Gasteiger partial charge in [0, 0.05) is 18.5 Å². The summed E-state index contributed by atoms with van der Waals surface area (Å²) in [5, 5.41) is 2.38. The zero-order valence-electron chi connectivity index (χ0n) is 19.1. The molecule has 0 saturated carbocycles. The molecule has 2 aromatic heterocycles. The number of hydrogen-bond acceptors (Lipinski definition) is 3. The SMILES string of the molecule is CCCN(CCC)c1nc(C)nc2c1c1ccccc1n2-c1cc(C)c(C)cc1C. The molecule has 0 radical (unpaired) electrons. The molecule has 30 heavy (non-hydrogen) atoms. The molecule has 4 heteroatoms. The average Bonchev–Trinajstić information content (AvgIpc) is 3.04. The van der Waals surface area contributed by atoms with Crippen molar-refractivity contribution in [1.82, 2.24) is 14.5 Å². The average molecular weight is 401 g/mol. The second-order valence-electron chi connectivity index (χ2n) is 8.36. The summed E-state index contributed by atoms with van der Waals surface area (Å²) in [7, 11) is 0. The van der Waals surface area contributed by atoms with Crippen LogP contribution in [0.25, 0.3) is 27.6 Å². The van der Waals surface area contributed by atoms with Gasteiger partial charge in [-0.25, -0.2) is 9.97 Å². The second kappa shape index (κ2) is 8.10. The van der Waals surface area contributed by atoms with Gasteiger partial charge in [0.05, 0.1) is 16.6 Å². The monoisotopic (exact) mass is 400 g/mol. The number of hydrogen-bond donors (Lipinski definition) is 0. The maximum atomic E-state index is 4.97. The molecule has 0 aliphatic carbocycles. The maximum absolute atomic E-state index is 4.97. The Morgan fingerprint density at radius 3 is 2.20 bits per heavy atom. The Kier molecular flexibility index (Phi) is 5.50. The van der Waals surface area contributed by atoms with Crippen LogP contribution in [0, 0.1) is 27.7 Å². The Labute approximate surface area is 179 Å². The van der Waals surface area contributed by atoms with E-state index in [1.165, 1.54) is 33.3 Å². The van der Waals surface area contributed by atoms with E-state index in [1.807, 2.05) is 6.92 Å². The molecule has 4 rings (SSSR count). The van der Waals surface area contributed by atoms with Crippen LogP contribution in [0.2, 0.25) is 0 Å². The summed E-state index contributed by atoms with van der Waals surface area (Å²) < 4.78 is 2.33. The molecule has 0 spiro atoms. The number of nitrogens with zero attached hydrogens (tertiary/aromatic N) is 4. The molecular formula is C26H32N4. The summed E-state index contributed by atoms with van der Waals surface area (Å²) in [5.74, 6) is 1.89. The quantitative estimate of drug-likeness (QED) is 0.374. The molecule has 0 saturated heterocycles. The van der Waals surface area contributed by atoms with Gasteiger partial charge in [0.2, 0.25) is 0 Å². The standard InChI is InChI=1S/C26H32N4/c1-7-13-29(14-8-2)25-24-21-11-9-10-12-22(21)30(26(24)28-20(6)27-25)23-16-18(4)17(3)15-19(23)5/h9-12,15-16H,7-8,13-14H2,1-6H3. The van der Waals surface area contributed by atoms with Gasteiger partial charge >= 0.3 is 0 Å². The Morgan fingerprint density at radius 2 is 1.50 bits per heavy atom. The van der Waals surface area contributed by atoms with E-state index in [1.54, 1.807) is 0 Å². The van der Waals surface area contributed by atoms with Crippen molar-refractivity contribution in [2.45, 2.75) is 54.4 Å². The number of para-hydroxylation sites is 1. The van der Waals surface area contributed by atoms with Crippen LogP contribution in [0.4, 0.5) is 5.82 Å². The Hall–Kier alpha value is -2.88. The number of aryl methyl sites for hydroxylation is 4. The molecule has 0 aliphatic heterocycles. The summed E-state index contributed by atoms with van der Waals surface area (Å²) in [6, 6.07) is 13.2. The summed E-state index contributed by atoms with van der Waals surface area (Å²) >= 11 is 0. The number of aromatic nitrogens is 3. The van der Waals surface area contributed by atoms with Gasteiger partial charge in [-0.2, -0.15) is 0 Å². The third-order valence-corrected chi connectivity index (χ3v) is 5.95. The van der Waals surface area contributed by atoms with E-state index in [4.69, 9.17) is 9.97 Å². The van der Waals surface area contributed by atoms with Crippen LogP contribution in [-0.2, 0) is 0 Å². The van der Waals surface area contributed by atoms with Crippen molar-refractivity contribution in [2.75, 3.05) is 18.0 Å². The molecule has 2 aromatic carbocycles. The third kappa shape index (κ3) is 3.34. The van der Waals surface area contributed by atoms with Crippen molar-refractivity contribution in [3.05, 3.63) is 58.9 Å². The van der Waals surface area contributed by atoms with Gasteiger partial charge in [-0.15, -0.1) is 0 Å². The highest BCUT2D eigenvalue weighted by atomic mass is 15.2. The van der Waals surface area contributed by atoms with Gasteiger partial charge in [-0.05, 0) is 69.4 Å². The first kappa shape index (κ1) is 20.4. The highest BCUT2D eigenvalue weighted by Gasteiger charge is 2.22. The molecule has 0 unspecified atom stereocenters. The fraction of sp³-hybridized carbons (Fsp3) is 0.385. The lowest BCUT2D eigenvalue weighted by Gasteiger charge is -2.24. The molecule has 0 bridgehead atoms. The second-order valence-corrected chi connectivity index (χ2v) is 8.36. The largest absolute Gasteiger partial charge is 0.356 e. The molecule has 0 aliphatic rings. The van der Waals surface area contributed by atoms with E-state index in [0.717, 1.165) is 48.6 Å². The van der Waals surface area contributed by atoms with Crippen molar-refractivity contribution >= 4 is 27.8 Å². The van der Waals surface area contributed by atoms with Crippen molar-refractivity contribution < 1.29 is 0 Å². The Balaban J connectivity index is 2.14. The van der Waals surface area contributed by atoms with Gasteiger partial charge in [-0.1, -0.05) is 38.1 Å². The molecule has 156 valence electrons. The van der Waals surface area contributed by atoms with Gasteiger partial charge in [-0.3, -0.25) is 4.57 Å². The predicted molar refractivity (Wildman–Crippen MR) is 128 cm³/mol. The summed E-state index contributed by atoms with van der Waals surface area (Å²) in [6.45, 7) is 15.0. The van der Waals surface area contributed by atoms with Crippen molar-refractivity contribution in [3.63, 3.8) is 0 Å². The van der Waals surface area contributed by atoms with Crippen molar-refractivity contribution in [2.24, 2.45) is 0 Å². The number of benzene rings is 2. The number of anilines is 1. The van der Waals surface area contributed by atoms with E-state index in [2.05, 4.69) is 80.5 Å². The van der Waals surface area contributed by atoms with Crippen LogP contribution in [-0.4, -0.2) is 27.6 Å². The summed E-state index contributed by atoms with van der Waals surface area (Å²) in [6.07, 6.45) is 2.19. The predicted octanol–water partition coefficient (Wildman–Crippen LogP) is 6.43. The Bertz CT molecular complexity index is 1210. The lowest BCUT2D eigenvalue weighted by Crippen LogP contribution is -2.26. The van der Waals surface area contributed by atoms with E-state index < -0.39 is 0 Å². The first-order chi connectivity index (χ1) is 14.5. The zero-order valence-corrected chi connectivity index (χ0v) is 19.1. The highest BCUT2D eigenvalue weighted by Crippen LogP contribution is 2.37. The lowest BCUT2D eigenvalue weighted by atomic mass is 10.0. The molecule has 0 N–H and O–H groups in total. The van der Waals surface area contributed by atoms with Gasteiger partial charge < -0.3 is 4.90 Å². The molecule has 4 aromatic rings. The maximum Gasteiger partial charge on any atom is 0.151 e. The molecule has 2 heterocycles. The van der Waals surface area contributed by atoms with Crippen molar-refractivity contribution in [3.8, 4) is 5.69 Å². The minimum absolute atomic E-state index is 0.820. The molecule has 0 atom stereocenters. The minimum Gasteiger partial charge on any atom is -0.356 e. The van der Waals surface area contributed by atoms with Gasteiger partial charge in [0.25, 0.3) is 0 Å². The van der Waals surface area contributed by atoms with Crippen LogP contribution in [0.1, 0.15) is 49.2 Å². The van der Waals surface area contributed by atoms with Crippen LogP contribution in [0.3, 0.4) is 0 Å². The fourth-order valence-electron chi connectivity index (χ4n) is 4.46. The lowest BCUT2D eigenvalue weighted by molar-refractivity contribution is 0.734. The fourth-order valence-corrected chi connectivity index (χ4v) is 4.46. The van der Waals surface area contributed by atoms with E-state index in [9.17, 15) is 0 Å². The molecule has 0 amide bonds. The van der Waals surface area contributed by atoms with Crippen LogP contribution in [0.15, 0.2) is 36.4 Å². The van der Waals surface area contributed by atoms with E-state index >= 15 is 0 Å². The first-order valence-corrected chi connectivity index (χ1v) is 11.1. The number of rotatable bonds is 6. The van der Waals surface area contributed by atoms with E-state index in [0.29, 0.717) is 0 Å². The number of fused-ring (bicyclic) bond motifs is 3. The van der Waals surface area contributed by atoms with Gasteiger partial charge in [0.15, 0.2) is 5.65 Å². The molecule has 4 nitrogen and oxygen atoms in total. The van der Waals surface area contributed by atoms with E-state index in [-0.39, 0.29) is 0 Å². The summed E-state index contributed by atoms with van der Waals surface area (Å²) in [5.41, 5.74) is 7.27. The van der Waals surface area contributed by atoms with Crippen molar-refractivity contribution in [1.29, 1.82) is 0 Å². The minimum atomic E-state index is 0.820.